The van der Waals surface area contributed by atoms with E-state index >= 15 is 0 Å². The van der Waals surface area contributed by atoms with E-state index in [-0.39, 0.29) is 0 Å². The molecule has 0 aliphatic carbocycles. The van der Waals surface area contributed by atoms with Crippen LogP contribution in [0.5, 0.6) is 0 Å². The smallest absolute Gasteiger partial charge is 0.236 e. The second kappa shape index (κ2) is 6.11. The quantitative estimate of drug-likeness (QED) is 0.782. The number of aryl methyl sites for hydroxylation is 1. The van der Waals surface area contributed by atoms with Gasteiger partial charge in [0, 0.05) is 11.3 Å². The van der Waals surface area contributed by atoms with Gasteiger partial charge in [-0.1, -0.05) is 37.3 Å². The van der Waals surface area contributed by atoms with Crippen molar-refractivity contribution >= 4 is 27.4 Å². The predicted molar refractivity (Wildman–Crippen MR) is 83.4 cm³/mol. The van der Waals surface area contributed by atoms with Crippen LogP contribution in [0.15, 0.2) is 42.7 Å². The Hall–Kier alpha value is -1.78. The van der Waals surface area contributed by atoms with Gasteiger partial charge >= 0.3 is 0 Å². The van der Waals surface area contributed by atoms with E-state index in [1.807, 2.05) is 0 Å². The molecule has 2 heterocycles. The fourth-order valence-corrected chi connectivity index (χ4v) is 3.22. The van der Waals surface area contributed by atoms with Gasteiger partial charge in [0.05, 0.1) is 11.9 Å². The van der Waals surface area contributed by atoms with Gasteiger partial charge in [0.15, 0.2) is 0 Å². The molecule has 0 bridgehead atoms. The third-order valence-electron chi connectivity index (χ3n) is 3.37. The molecular weight excluding hydrogens is 266 g/mol. The third kappa shape index (κ3) is 2.86. The molecule has 0 aliphatic heterocycles. The Morgan fingerprint density at radius 3 is 2.80 bits per heavy atom. The molecule has 3 aromatic rings. The van der Waals surface area contributed by atoms with Gasteiger partial charge in [-0.2, -0.15) is 4.98 Å². The summed E-state index contributed by atoms with van der Waals surface area (Å²) in [7, 11) is 0. The fourth-order valence-electron chi connectivity index (χ4n) is 2.28. The van der Waals surface area contributed by atoms with Gasteiger partial charge in [0.25, 0.3) is 0 Å². The second-order valence-electron chi connectivity index (χ2n) is 4.77. The largest absolute Gasteiger partial charge is 0.296 e. The molecule has 2 N–H and O–H groups in total. The molecular formula is C16H18N3S+. The van der Waals surface area contributed by atoms with Crippen LogP contribution in [0, 0.1) is 0 Å². The van der Waals surface area contributed by atoms with Crippen molar-refractivity contribution in [2.75, 3.05) is 6.54 Å². The molecule has 3 nitrogen and oxygen atoms in total. The molecule has 3 rings (SSSR count). The van der Waals surface area contributed by atoms with E-state index in [4.69, 9.17) is 0 Å². The number of nitrogens with zero attached hydrogens (tertiary/aromatic N) is 2. The van der Waals surface area contributed by atoms with Crippen molar-refractivity contribution < 1.29 is 5.32 Å². The Kier molecular flexibility index (Phi) is 4.04. The maximum Gasteiger partial charge on any atom is 0.236 e. The zero-order valence-corrected chi connectivity index (χ0v) is 12.4. The topological polar surface area (TPSA) is 42.4 Å². The summed E-state index contributed by atoms with van der Waals surface area (Å²) in [4.78, 5) is 11.3. The second-order valence-corrected chi connectivity index (χ2v) is 5.89. The van der Waals surface area contributed by atoms with Crippen molar-refractivity contribution in [1.82, 2.24) is 9.97 Å². The van der Waals surface area contributed by atoms with Crippen molar-refractivity contribution in [3.8, 4) is 0 Å². The average Bonchev–Trinajstić information content (AvgIpc) is 2.92. The standard InChI is InChI=1S/C16H17N3S/c1-2-13-10-14-15(18-11-19-16(14)20-13)17-9-8-12-6-4-3-5-7-12/h3-7,10-11H,2,8-9H2,1H3,(H,17,18,19)/p+1. The third-order valence-corrected chi connectivity index (χ3v) is 4.56. The number of benzene rings is 1. The van der Waals surface area contributed by atoms with E-state index in [0.29, 0.717) is 0 Å². The fraction of sp³-hybridized carbons (Fsp3) is 0.250. The van der Waals surface area contributed by atoms with E-state index in [0.717, 1.165) is 30.0 Å². The van der Waals surface area contributed by atoms with Crippen LogP contribution in [-0.4, -0.2) is 16.5 Å². The van der Waals surface area contributed by atoms with Crippen LogP contribution in [0.25, 0.3) is 10.2 Å². The van der Waals surface area contributed by atoms with Crippen molar-refractivity contribution in [3.05, 3.63) is 53.2 Å². The molecule has 0 radical (unpaired) electrons. The number of hydrogen-bond donors (Lipinski definition) is 1. The number of hydrogen-bond acceptors (Lipinski definition) is 3. The summed E-state index contributed by atoms with van der Waals surface area (Å²) in [6.45, 7) is 3.18. The van der Waals surface area contributed by atoms with Crippen molar-refractivity contribution in [3.63, 3.8) is 0 Å². The molecule has 0 amide bonds. The first-order chi connectivity index (χ1) is 9.86. The Morgan fingerprint density at radius 1 is 1.15 bits per heavy atom. The Balaban J connectivity index is 1.72. The van der Waals surface area contributed by atoms with Gasteiger partial charge in [-0.25, -0.2) is 4.98 Å². The molecule has 0 saturated carbocycles. The lowest BCUT2D eigenvalue weighted by molar-refractivity contribution is -0.573. The molecule has 1 aromatic carbocycles. The summed E-state index contributed by atoms with van der Waals surface area (Å²) >= 11 is 1.77. The predicted octanol–water partition coefficient (Wildman–Crippen LogP) is 2.69. The van der Waals surface area contributed by atoms with Crippen molar-refractivity contribution in [1.29, 1.82) is 0 Å². The van der Waals surface area contributed by atoms with Crippen molar-refractivity contribution in [2.45, 2.75) is 19.8 Å². The van der Waals surface area contributed by atoms with Crippen LogP contribution < -0.4 is 5.32 Å². The molecule has 4 heteroatoms. The first-order valence-electron chi connectivity index (χ1n) is 6.97. The van der Waals surface area contributed by atoms with E-state index in [1.54, 1.807) is 17.7 Å². The molecule has 0 fully saturated rings. The number of thiophene rings is 1. The summed E-state index contributed by atoms with van der Waals surface area (Å²) < 4.78 is 0. The summed E-state index contributed by atoms with van der Waals surface area (Å²) in [5, 5.41) is 3.42. The van der Waals surface area contributed by atoms with Crippen LogP contribution in [-0.2, 0) is 12.8 Å². The van der Waals surface area contributed by atoms with E-state index < -0.39 is 0 Å². The highest BCUT2D eigenvalue weighted by Crippen LogP contribution is 2.26. The summed E-state index contributed by atoms with van der Waals surface area (Å²) in [5.41, 5.74) is 1.37. The summed E-state index contributed by atoms with van der Waals surface area (Å²) in [6.07, 6.45) is 3.79. The molecule has 0 unspecified atom stereocenters. The van der Waals surface area contributed by atoms with E-state index in [9.17, 15) is 0 Å². The van der Waals surface area contributed by atoms with Gasteiger partial charge in [0.2, 0.25) is 5.82 Å². The van der Waals surface area contributed by atoms with Crippen LogP contribution >= 0.6 is 11.3 Å². The average molecular weight is 284 g/mol. The summed E-state index contributed by atoms with van der Waals surface area (Å²) in [5.74, 6) is 1.07. The van der Waals surface area contributed by atoms with Gasteiger partial charge in [-0.15, -0.1) is 11.3 Å². The van der Waals surface area contributed by atoms with Crippen LogP contribution in [0.2, 0.25) is 0 Å². The van der Waals surface area contributed by atoms with Gasteiger partial charge in [0.1, 0.15) is 11.2 Å². The molecule has 0 aliphatic rings. The minimum atomic E-state index is 1.01. The number of rotatable bonds is 5. The Labute approximate surface area is 122 Å². The van der Waals surface area contributed by atoms with E-state index in [1.165, 1.54) is 15.8 Å². The lowest BCUT2D eigenvalue weighted by atomic mass is 10.1. The zero-order valence-electron chi connectivity index (χ0n) is 11.5. The number of nitrogens with two attached hydrogens (primary N) is 1. The Bertz CT molecular complexity index is 691. The van der Waals surface area contributed by atoms with Crippen LogP contribution in [0.3, 0.4) is 0 Å². The normalized spacial score (nSPS) is 11.1. The lowest BCUT2D eigenvalue weighted by Crippen LogP contribution is -2.79. The number of aromatic nitrogens is 2. The molecule has 0 atom stereocenters. The molecule has 102 valence electrons. The molecule has 0 saturated heterocycles. The number of quaternary nitrogens is 1. The zero-order chi connectivity index (χ0) is 13.8. The minimum absolute atomic E-state index is 1.01. The van der Waals surface area contributed by atoms with E-state index in [2.05, 4.69) is 58.6 Å². The SMILES string of the molecule is CCc1cc2c([NH2+]CCc3ccccc3)ncnc2s1. The number of fused-ring (bicyclic) bond motifs is 1. The highest BCUT2D eigenvalue weighted by atomic mass is 32.1. The Morgan fingerprint density at radius 2 is 2.00 bits per heavy atom. The minimum Gasteiger partial charge on any atom is -0.296 e. The van der Waals surface area contributed by atoms with Gasteiger partial charge < -0.3 is 0 Å². The first-order valence-corrected chi connectivity index (χ1v) is 7.79. The highest BCUT2D eigenvalue weighted by Gasteiger charge is 2.10. The lowest BCUT2D eigenvalue weighted by Gasteiger charge is -2.01. The monoisotopic (exact) mass is 284 g/mol. The first kappa shape index (κ1) is 13.2. The summed E-state index contributed by atoms with van der Waals surface area (Å²) in [6, 6.07) is 12.8. The van der Waals surface area contributed by atoms with Gasteiger partial charge in [-0.3, -0.25) is 5.32 Å². The molecule has 20 heavy (non-hydrogen) atoms. The maximum absolute atomic E-state index is 4.43. The maximum atomic E-state index is 4.43. The molecule has 2 aromatic heterocycles. The van der Waals surface area contributed by atoms with Crippen molar-refractivity contribution in [2.24, 2.45) is 0 Å². The highest BCUT2D eigenvalue weighted by molar-refractivity contribution is 7.18. The van der Waals surface area contributed by atoms with Gasteiger partial charge in [-0.05, 0) is 18.1 Å². The van der Waals surface area contributed by atoms with Crippen LogP contribution in [0.1, 0.15) is 17.4 Å². The van der Waals surface area contributed by atoms with Crippen LogP contribution in [0.4, 0.5) is 5.82 Å². The molecule has 0 spiro atoms.